The van der Waals surface area contributed by atoms with E-state index in [0.717, 1.165) is 10.7 Å². The maximum absolute atomic E-state index is 13.3. The van der Waals surface area contributed by atoms with Crippen LogP contribution >= 0.6 is 11.6 Å². The third-order valence-electron chi connectivity index (χ3n) is 6.19. The first-order valence-corrected chi connectivity index (χ1v) is 13.6. The monoisotopic (exact) mass is 580 g/mol. The number of ether oxygens (including phenoxy) is 1. The van der Waals surface area contributed by atoms with Gasteiger partial charge >= 0.3 is 5.97 Å². The topological polar surface area (TPSA) is 147 Å². The number of sulfonamides is 1. The molecule has 0 aliphatic heterocycles. The summed E-state index contributed by atoms with van der Waals surface area (Å²) >= 11 is 6.19. The zero-order valence-electron chi connectivity index (χ0n) is 21.1. The summed E-state index contributed by atoms with van der Waals surface area (Å²) in [5, 5.41) is 7.78. The lowest BCUT2D eigenvalue weighted by Gasteiger charge is -2.11. The number of fused-ring (bicyclic) bond motifs is 1. The molecule has 0 aliphatic carbocycles. The molecule has 14 heteroatoms. The van der Waals surface area contributed by atoms with Gasteiger partial charge in [0.25, 0.3) is 21.1 Å². The molecule has 12 nitrogen and oxygen atoms in total. The Hall–Kier alpha value is -4.75. The third kappa shape index (κ3) is 4.87. The average molecular weight is 581 g/mol. The number of rotatable bonds is 7. The second-order valence-corrected chi connectivity index (χ2v) is 10.7. The van der Waals surface area contributed by atoms with Gasteiger partial charge in [0.05, 0.1) is 27.4 Å². The molecule has 204 valence electrons. The molecule has 0 saturated heterocycles. The summed E-state index contributed by atoms with van der Waals surface area (Å²) in [5.41, 5.74) is -0.153. The summed E-state index contributed by atoms with van der Waals surface area (Å²) in [5.74, 6) is -0.933. The largest absolute Gasteiger partial charge is 0.439 e. The standard InChI is InChI=1S/C26H21ClN6O6S/c1-16-23(25(35)33(31(16)2)18-8-4-3-5-9-18)29-40(37,38)22-14-17(12-13-20(22)27)26(36)39-15-32-24(34)19-10-6-7-11-21(19)28-30-32/h3-14,29H,15H2,1-2H3. The van der Waals surface area contributed by atoms with E-state index in [1.807, 2.05) is 0 Å². The van der Waals surface area contributed by atoms with Gasteiger partial charge in [-0.1, -0.05) is 47.1 Å². The quantitative estimate of drug-likeness (QED) is 0.289. The van der Waals surface area contributed by atoms with E-state index < -0.39 is 38.7 Å². The number of hydrogen-bond donors (Lipinski definition) is 1. The fraction of sp³-hybridized carbons (Fsp3) is 0.115. The van der Waals surface area contributed by atoms with Gasteiger partial charge in [0.2, 0.25) is 0 Å². The van der Waals surface area contributed by atoms with Crippen LogP contribution < -0.4 is 15.8 Å². The van der Waals surface area contributed by atoms with E-state index in [2.05, 4.69) is 15.0 Å². The highest BCUT2D eigenvalue weighted by molar-refractivity contribution is 7.92. The van der Waals surface area contributed by atoms with E-state index in [4.69, 9.17) is 16.3 Å². The van der Waals surface area contributed by atoms with Crippen molar-refractivity contribution in [2.75, 3.05) is 4.72 Å². The molecule has 5 aromatic rings. The molecule has 0 unspecified atom stereocenters. The SMILES string of the molecule is Cc1c(NS(=O)(=O)c2cc(C(=O)OCn3nnc4ccccc4c3=O)ccc2Cl)c(=O)n(-c2ccccc2)n1C. The summed E-state index contributed by atoms with van der Waals surface area (Å²) in [6.07, 6.45) is 0. The predicted octanol–water partition coefficient (Wildman–Crippen LogP) is 2.86. The Morgan fingerprint density at radius 1 is 1.00 bits per heavy atom. The van der Waals surface area contributed by atoms with Crippen LogP contribution in [0.15, 0.2) is 87.3 Å². The highest BCUT2D eigenvalue weighted by Gasteiger charge is 2.25. The van der Waals surface area contributed by atoms with Crippen molar-refractivity contribution in [2.24, 2.45) is 7.05 Å². The highest BCUT2D eigenvalue weighted by Crippen LogP contribution is 2.26. The first-order chi connectivity index (χ1) is 19.1. The van der Waals surface area contributed by atoms with E-state index >= 15 is 0 Å². The van der Waals surface area contributed by atoms with Gasteiger partial charge in [-0.25, -0.2) is 17.9 Å². The first kappa shape index (κ1) is 26.8. The number of halogens is 1. The molecule has 0 radical (unpaired) electrons. The second kappa shape index (κ2) is 10.4. The predicted molar refractivity (Wildman–Crippen MR) is 147 cm³/mol. The number of esters is 1. The zero-order chi connectivity index (χ0) is 28.6. The van der Waals surface area contributed by atoms with Gasteiger partial charge in [0.15, 0.2) is 6.73 Å². The van der Waals surface area contributed by atoms with Crippen LogP contribution in [0, 0.1) is 6.92 Å². The minimum Gasteiger partial charge on any atom is -0.439 e. The van der Waals surface area contributed by atoms with Gasteiger partial charge < -0.3 is 4.74 Å². The number of para-hydroxylation sites is 1. The number of carbonyl (C=O) groups is 1. The van der Waals surface area contributed by atoms with Crippen molar-refractivity contribution in [3.8, 4) is 5.69 Å². The Kier molecular flexibility index (Phi) is 7.00. The summed E-state index contributed by atoms with van der Waals surface area (Å²) in [6, 6.07) is 18.8. The highest BCUT2D eigenvalue weighted by atomic mass is 35.5. The molecule has 2 aromatic heterocycles. The van der Waals surface area contributed by atoms with Gasteiger partial charge in [-0.2, -0.15) is 4.68 Å². The molecule has 2 heterocycles. The van der Waals surface area contributed by atoms with Crippen molar-refractivity contribution in [1.29, 1.82) is 0 Å². The lowest BCUT2D eigenvalue weighted by atomic mass is 10.2. The molecule has 5 rings (SSSR count). The molecule has 0 fully saturated rings. The molecular weight excluding hydrogens is 560 g/mol. The minimum absolute atomic E-state index is 0.155. The molecule has 0 saturated carbocycles. The minimum atomic E-state index is -4.42. The Bertz CT molecular complexity index is 2000. The first-order valence-electron chi connectivity index (χ1n) is 11.7. The van der Waals surface area contributed by atoms with Gasteiger partial charge in [0.1, 0.15) is 16.1 Å². The molecule has 1 N–H and O–H groups in total. The Labute approximate surface area is 232 Å². The Morgan fingerprint density at radius 2 is 1.70 bits per heavy atom. The number of hydrogen-bond acceptors (Lipinski definition) is 8. The van der Waals surface area contributed by atoms with E-state index in [1.165, 1.54) is 21.5 Å². The summed E-state index contributed by atoms with van der Waals surface area (Å²) in [4.78, 5) is 38.1. The Morgan fingerprint density at radius 3 is 2.45 bits per heavy atom. The van der Waals surface area contributed by atoms with Crippen molar-refractivity contribution in [3.05, 3.63) is 110 Å². The van der Waals surface area contributed by atoms with Crippen LogP contribution in [0.4, 0.5) is 5.69 Å². The number of nitrogens with one attached hydrogen (secondary N) is 1. The van der Waals surface area contributed by atoms with Crippen molar-refractivity contribution >= 4 is 44.2 Å². The molecule has 0 spiro atoms. The smallest absolute Gasteiger partial charge is 0.339 e. The molecule has 40 heavy (non-hydrogen) atoms. The second-order valence-electron chi connectivity index (χ2n) is 8.66. The Balaban J connectivity index is 1.41. The molecular formula is C26H21ClN6O6S. The molecule has 0 aliphatic rings. The van der Waals surface area contributed by atoms with Crippen molar-refractivity contribution in [3.63, 3.8) is 0 Å². The lowest BCUT2D eigenvalue weighted by molar-refractivity contribution is 0.0336. The average Bonchev–Trinajstić information content (AvgIpc) is 3.15. The number of benzene rings is 3. The number of anilines is 1. The summed E-state index contributed by atoms with van der Waals surface area (Å²) in [7, 11) is -2.80. The van der Waals surface area contributed by atoms with Gasteiger partial charge in [-0.3, -0.25) is 19.0 Å². The molecule has 0 amide bonds. The van der Waals surface area contributed by atoms with E-state index in [9.17, 15) is 22.8 Å². The maximum atomic E-state index is 13.3. The zero-order valence-corrected chi connectivity index (χ0v) is 22.7. The molecule has 0 bridgehead atoms. The van der Waals surface area contributed by atoms with Crippen molar-refractivity contribution in [1.82, 2.24) is 24.4 Å². The van der Waals surface area contributed by atoms with Gasteiger partial charge in [-0.05, 0) is 49.4 Å². The van der Waals surface area contributed by atoms with Crippen molar-refractivity contribution in [2.45, 2.75) is 18.6 Å². The van der Waals surface area contributed by atoms with Crippen LogP contribution in [-0.4, -0.2) is 38.7 Å². The van der Waals surface area contributed by atoms with Gasteiger partial charge in [-0.15, -0.1) is 5.10 Å². The normalized spacial score (nSPS) is 11.5. The number of nitrogens with zero attached hydrogens (tertiary/aromatic N) is 5. The lowest BCUT2D eigenvalue weighted by Crippen LogP contribution is -2.26. The van der Waals surface area contributed by atoms with Crippen LogP contribution in [0.1, 0.15) is 16.1 Å². The fourth-order valence-electron chi connectivity index (χ4n) is 4.02. The van der Waals surface area contributed by atoms with E-state index in [-0.39, 0.29) is 16.3 Å². The van der Waals surface area contributed by atoms with Crippen LogP contribution in [0.5, 0.6) is 0 Å². The summed E-state index contributed by atoms with van der Waals surface area (Å²) < 4.78 is 37.9. The van der Waals surface area contributed by atoms with Crippen LogP contribution in [-0.2, 0) is 28.5 Å². The van der Waals surface area contributed by atoms with Crippen LogP contribution in [0.25, 0.3) is 16.6 Å². The van der Waals surface area contributed by atoms with Crippen LogP contribution in [0.3, 0.4) is 0 Å². The third-order valence-corrected chi connectivity index (χ3v) is 8.03. The maximum Gasteiger partial charge on any atom is 0.339 e. The van der Waals surface area contributed by atoms with E-state index in [0.29, 0.717) is 22.3 Å². The van der Waals surface area contributed by atoms with Crippen LogP contribution in [0.2, 0.25) is 5.02 Å². The molecule has 3 aromatic carbocycles. The number of aromatic nitrogens is 5. The summed E-state index contributed by atoms with van der Waals surface area (Å²) in [6.45, 7) is 1.03. The molecule has 0 atom stereocenters. The van der Waals surface area contributed by atoms with Crippen molar-refractivity contribution < 1.29 is 17.9 Å². The van der Waals surface area contributed by atoms with E-state index in [1.54, 1.807) is 68.6 Å². The number of carbonyl (C=O) groups excluding carboxylic acids is 1. The van der Waals surface area contributed by atoms with Gasteiger partial charge in [0, 0.05) is 7.05 Å². The fourth-order valence-corrected chi connectivity index (χ4v) is 5.67.